The molecule has 1 aliphatic heterocycles. The molecule has 25 heavy (non-hydrogen) atoms. The molecule has 132 valence electrons. The molecule has 4 heteroatoms. The predicted octanol–water partition coefficient (Wildman–Crippen LogP) is 3.26. The zero-order valence-corrected chi connectivity index (χ0v) is 14.9. The minimum Gasteiger partial charge on any atom is -0.480 e. The van der Waals surface area contributed by atoms with Crippen LogP contribution in [0.2, 0.25) is 0 Å². The van der Waals surface area contributed by atoms with Gasteiger partial charge < -0.3 is 5.11 Å². The quantitative estimate of drug-likeness (QED) is 0.909. The minimum absolute atomic E-state index is 0.112. The van der Waals surface area contributed by atoms with Crippen molar-refractivity contribution in [2.24, 2.45) is 0 Å². The summed E-state index contributed by atoms with van der Waals surface area (Å²) in [6.45, 7) is 6.04. The second-order valence-corrected chi connectivity index (χ2v) is 6.94. The van der Waals surface area contributed by atoms with Gasteiger partial charge in [-0.25, -0.2) is 0 Å². The summed E-state index contributed by atoms with van der Waals surface area (Å²) >= 11 is 0. The number of benzene rings is 2. The molecule has 1 N–H and O–H groups in total. The molecule has 1 aliphatic rings. The number of rotatable bonds is 5. The van der Waals surface area contributed by atoms with E-state index in [1.54, 1.807) is 0 Å². The number of hydrogen-bond acceptors (Lipinski definition) is 3. The van der Waals surface area contributed by atoms with Gasteiger partial charge in [0.2, 0.25) is 0 Å². The van der Waals surface area contributed by atoms with Gasteiger partial charge in [-0.1, -0.05) is 60.7 Å². The van der Waals surface area contributed by atoms with Crippen LogP contribution in [-0.4, -0.2) is 52.6 Å². The Bertz CT molecular complexity index is 650. The Hall–Kier alpha value is -2.17. The van der Waals surface area contributed by atoms with Gasteiger partial charge in [-0.3, -0.25) is 14.6 Å². The van der Waals surface area contributed by atoms with Crippen LogP contribution in [0, 0.1) is 0 Å². The fourth-order valence-corrected chi connectivity index (χ4v) is 3.82. The molecule has 4 nitrogen and oxygen atoms in total. The van der Waals surface area contributed by atoms with Gasteiger partial charge in [0.25, 0.3) is 0 Å². The third kappa shape index (κ3) is 4.09. The third-order valence-corrected chi connectivity index (χ3v) is 5.06. The topological polar surface area (TPSA) is 43.8 Å². The Morgan fingerprint density at radius 2 is 1.48 bits per heavy atom. The summed E-state index contributed by atoms with van der Waals surface area (Å²) in [4.78, 5) is 15.7. The Balaban J connectivity index is 1.91. The Morgan fingerprint density at radius 1 is 0.960 bits per heavy atom. The van der Waals surface area contributed by atoms with Gasteiger partial charge in [-0.2, -0.15) is 0 Å². The minimum atomic E-state index is -0.754. The lowest BCUT2D eigenvalue weighted by atomic mass is 9.93. The number of nitrogens with zero attached hydrogens (tertiary/aromatic N) is 2. The molecule has 0 bridgehead atoms. The van der Waals surface area contributed by atoms with Gasteiger partial charge >= 0.3 is 5.97 Å². The van der Waals surface area contributed by atoms with Crippen LogP contribution >= 0.6 is 0 Å². The van der Waals surface area contributed by atoms with Crippen molar-refractivity contribution in [2.75, 3.05) is 19.6 Å². The smallest absolute Gasteiger partial charge is 0.317 e. The maximum absolute atomic E-state index is 11.1. The molecule has 2 aromatic carbocycles. The summed E-state index contributed by atoms with van der Waals surface area (Å²) in [5, 5.41) is 9.15. The van der Waals surface area contributed by atoms with E-state index < -0.39 is 5.97 Å². The Morgan fingerprint density at radius 3 is 1.96 bits per heavy atom. The first-order valence-corrected chi connectivity index (χ1v) is 8.87. The van der Waals surface area contributed by atoms with Crippen LogP contribution in [0.25, 0.3) is 0 Å². The first-order valence-electron chi connectivity index (χ1n) is 8.87. The zero-order chi connectivity index (χ0) is 17.8. The van der Waals surface area contributed by atoms with Crippen LogP contribution in [0.5, 0.6) is 0 Å². The monoisotopic (exact) mass is 338 g/mol. The summed E-state index contributed by atoms with van der Waals surface area (Å²) in [7, 11) is 0. The molecular formula is C21H26N2O2. The molecule has 0 unspecified atom stereocenters. The number of carboxylic acids is 1. The second-order valence-electron chi connectivity index (χ2n) is 6.94. The van der Waals surface area contributed by atoms with Gasteiger partial charge in [0.1, 0.15) is 0 Å². The molecule has 0 saturated carbocycles. The predicted molar refractivity (Wildman–Crippen MR) is 99.6 cm³/mol. The van der Waals surface area contributed by atoms with Crippen molar-refractivity contribution in [2.45, 2.75) is 32.0 Å². The number of piperazine rings is 1. The highest BCUT2D eigenvalue weighted by atomic mass is 16.4. The largest absolute Gasteiger partial charge is 0.480 e. The van der Waals surface area contributed by atoms with E-state index in [0.717, 1.165) is 13.1 Å². The van der Waals surface area contributed by atoms with Gasteiger partial charge in [0.05, 0.1) is 12.6 Å². The van der Waals surface area contributed by atoms with Gasteiger partial charge in [-0.05, 0) is 25.0 Å². The molecular weight excluding hydrogens is 312 g/mol. The molecule has 3 rings (SSSR count). The maximum Gasteiger partial charge on any atom is 0.317 e. The van der Waals surface area contributed by atoms with Crippen molar-refractivity contribution < 1.29 is 9.90 Å². The van der Waals surface area contributed by atoms with Crippen LogP contribution in [0.1, 0.15) is 31.0 Å². The average Bonchev–Trinajstić information content (AvgIpc) is 2.61. The van der Waals surface area contributed by atoms with Gasteiger partial charge in [0, 0.05) is 25.2 Å². The number of carbonyl (C=O) groups is 1. The van der Waals surface area contributed by atoms with E-state index in [4.69, 9.17) is 5.11 Å². The highest BCUT2D eigenvalue weighted by Crippen LogP contribution is 2.32. The standard InChI is InChI=1S/C21H26N2O2/c1-16-14-23(17(2)13-22(16)15-20(24)25)21(18-9-5-3-6-10-18)19-11-7-4-8-12-19/h3-12,16-17,21H,13-15H2,1-2H3,(H,24,25)/t16-,17+/m1/s1. The molecule has 1 fully saturated rings. The first kappa shape index (κ1) is 17.6. The highest BCUT2D eigenvalue weighted by Gasteiger charge is 2.35. The zero-order valence-electron chi connectivity index (χ0n) is 14.9. The van der Waals surface area contributed by atoms with E-state index in [1.165, 1.54) is 11.1 Å². The van der Waals surface area contributed by atoms with Crippen molar-refractivity contribution in [3.05, 3.63) is 71.8 Å². The van der Waals surface area contributed by atoms with Crippen LogP contribution in [0.15, 0.2) is 60.7 Å². The van der Waals surface area contributed by atoms with Crippen molar-refractivity contribution in [3.63, 3.8) is 0 Å². The Labute approximate surface area is 149 Å². The molecule has 2 aromatic rings. The molecule has 0 spiro atoms. The van der Waals surface area contributed by atoms with E-state index in [-0.39, 0.29) is 24.7 Å². The van der Waals surface area contributed by atoms with E-state index in [9.17, 15) is 4.79 Å². The second kappa shape index (κ2) is 7.81. The van der Waals surface area contributed by atoms with E-state index in [1.807, 2.05) is 12.1 Å². The number of hydrogen-bond donors (Lipinski definition) is 1. The molecule has 0 radical (unpaired) electrons. The normalized spacial score (nSPS) is 22.2. The molecule has 0 aromatic heterocycles. The van der Waals surface area contributed by atoms with E-state index >= 15 is 0 Å². The maximum atomic E-state index is 11.1. The van der Waals surface area contributed by atoms with Crippen molar-refractivity contribution in [3.8, 4) is 0 Å². The average molecular weight is 338 g/mol. The fraction of sp³-hybridized carbons (Fsp3) is 0.381. The summed E-state index contributed by atoms with van der Waals surface area (Å²) < 4.78 is 0. The lowest BCUT2D eigenvalue weighted by molar-refractivity contribution is -0.140. The summed E-state index contributed by atoms with van der Waals surface area (Å²) in [6, 6.07) is 21.8. The van der Waals surface area contributed by atoms with Crippen LogP contribution in [-0.2, 0) is 4.79 Å². The summed E-state index contributed by atoms with van der Waals surface area (Å²) in [6.07, 6.45) is 0. The molecule has 1 heterocycles. The summed E-state index contributed by atoms with van der Waals surface area (Å²) in [5.74, 6) is -0.754. The van der Waals surface area contributed by atoms with Crippen molar-refractivity contribution >= 4 is 5.97 Å². The highest BCUT2D eigenvalue weighted by molar-refractivity contribution is 5.69. The van der Waals surface area contributed by atoms with Crippen LogP contribution in [0.4, 0.5) is 0 Å². The number of aliphatic carboxylic acids is 1. The van der Waals surface area contributed by atoms with E-state index in [0.29, 0.717) is 0 Å². The van der Waals surface area contributed by atoms with E-state index in [2.05, 4.69) is 72.2 Å². The SMILES string of the molecule is C[C@@H]1CN(C(c2ccccc2)c2ccccc2)[C@@H](C)CN1CC(=O)O. The lowest BCUT2D eigenvalue weighted by Crippen LogP contribution is -2.58. The fourth-order valence-electron chi connectivity index (χ4n) is 3.82. The van der Waals surface area contributed by atoms with Gasteiger partial charge in [0.15, 0.2) is 0 Å². The number of carboxylic acid groups (broad SMARTS) is 1. The van der Waals surface area contributed by atoms with Crippen molar-refractivity contribution in [1.82, 2.24) is 9.80 Å². The lowest BCUT2D eigenvalue weighted by Gasteiger charge is -2.47. The first-order chi connectivity index (χ1) is 12.1. The molecule has 1 saturated heterocycles. The van der Waals surface area contributed by atoms with Crippen molar-refractivity contribution in [1.29, 1.82) is 0 Å². The molecule has 0 aliphatic carbocycles. The molecule has 0 amide bonds. The van der Waals surface area contributed by atoms with Crippen LogP contribution < -0.4 is 0 Å². The van der Waals surface area contributed by atoms with Crippen LogP contribution in [0.3, 0.4) is 0 Å². The summed E-state index contributed by atoms with van der Waals surface area (Å²) in [5.41, 5.74) is 2.55. The Kier molecular flexibility index (Phi) is 5.51. The molecule has 2 atom stereocenters. The van der Waals surface area contributed by atoms with Gasteiger partial charge in [-0.15, -0.1) is 0 Å². The third-order valence-electron chi connectivity index (χ3n) is 5.06.